The van der Waals surface area contributed by atoms with E-state index in [1.54, 1.807) is 29.0 Å². The maximum absolute atomic E-state index is 14.9. The van der Waals surface area contributed by atoms with Crippen molar-refractivity contribution in [1.82, 2.24) is 9.80 Å². The van der Waals surface area contributed by atoms with E-state index in [0.717, 1.165) is 18.8 Å². The first-order valence-corrected chi connectivity index (χ1v) is 17.3. The van der Waals surface area contributed by atoms with Crippen LogP contribution in [0.25, 0.3) is 0 Å². The van der Waals surface area contributed by atoms with Gasteiger partial charge in [0.1, 0.15) is 23.7 Å². The molecule has 1 spiro atoms. The van der Waals surface area contributed by atoms with Gasteiger partial charge in [-0.3, -0.25) is 19.2 Å². The molecule has 5 bridgehead atoms. The summed E-state index contributed by atoms with van der Waals surface area (Å²) in [6.45, 7) is 7.38. The Hall–Kier alpha value is -4.48. The monoisotopic (exact) mass is 670 g/mol. The van der Waals surface area contributed by atoms with Gasteiger partial charge in [-0.25, -0.2) is 0 Å². The molecule has 11 heteroatoms. The average Bonchev–Trinajstić information content (AvgIpc) is 3.76. The minimum atomic E-state index is -1.42. The van der Waals surface area contributed by atoms with Crippen molar-refractivity contribution in [2.45, 2.75) is 63.5 Å². The smallest absolute Gasteiger partial charge is 0.313 e. The Balaban J connectivity index is 1.43. The number of aliphatic hydroxyl groups is 1. The molecule has 11 nitrogen and oxygen atoms in total. The summed E-state index contributed by atoms with van der Waals surface area (Å²) >= 11 is 0. The van der Waals surface area contributed by atoms with E-state index in [1.165, 1.54) is 4.90 Å². The van der Waals surface area contributed by atoms with Gasteiger partial charge in [0.2, 0.25) is 11.8 Å². The molecule has 2 saturated heterocycles. The fourth-order valence-electron chi connectivity index (χ4n) is 7.87. The van der Waals surface area contributed by atoms with E-state index in [1.807, 2.05) is 73.7 Å². The summed E-state index contributed by atoms with van der Waals surface area (Å²) in [7, 11) is 1.70. The van der Waals surface area contributed by atoms with Crippen molar-refractivity contribution >= 4 is 35.1 Å². The van der Waals surface area contributed by atoms with Crippen LogP contribution in [0.3, 0.4) is 0 Å². The van der Waals surface area contributed by atoms with Crippen molar-refractivity contribution in [2.75, 3.05) is 49.6 Å². The van der Waals surface area contributed by atoms with Crippen LogP contribution in [0.5, 0.6) is 0 Å². The largest absolute Gasteiger partial charge is 0.455 e. The average molecular weight is 671 g/mol. The molecule has 4 aliphatic rings. The second-order valence-corrected chi connectivity index (χ2v) is 13.1. The van der Waals surface area contributed by atoms with E-state index in [9.17, 15) is 24.3 Å². The first-order valence-electron chi connectivity index (χ1n) is 17.3. The van der Waals surface area contributed by atoms with Gasteiger partial charge in [0, 0.05) is 51.0 Å². The molecule has 7 atom stereocenters. The van der Waals surface area contributed by atoms with Crippen LogP contribution in [0.2, 0.25) is 0 Å². The lowest BCUT2D eigenvalue weighted by Gasteiger charge is -2.36. The minimum Gasteiger partial charge on any atom is -0.455 e. The number of anilines is 2. The number of carbonyl (C=O) groups is 4. The number of hydrogen-bond donors (Lipinski definition) is 1. The lowest BCUT2D eigenvalue weighted by molar-refractivity contribution is -0.164. The van der Waals surface area contributed by atoms with Gasteiger partial charge in [0.05, 0.1) is 24.7 Å². The predicted octanol–water partition coefficient (Wildman–Crippen LogP) is 3.49. The van der Waals surface area contributed by atoms with Crippen LogP contribution in [0.15, 0.2) is 78.9 Å². The molecular formula is C38H46N4O7. The van der Waals surface area contributed by atoms with Gasteiger partial charge in [-0.2, -0.15) is 0 Å². The number of β-amino-alcohol motifs (C(OH)–C–C–N with tert-alkyl or cyclic N) is 1. The molecule has 0 aromatic heterocycles. The van der Waals surface area contributed by atoms with Crippen LogP contribution in [-0.4, -0.2) is 102 Å². The zero-order chi connectivity index (χ0) is 34.9. The lowest BCUT2D eigenvalue weighted by atomic mass is 9.74. The van der Waals surface area contributed by atoms with E-state index in [2.05, 4.69) is 18.7 Å². The molecule has 0 unspecified atom stereocenters. The van der Waals surface area contributed by atoms with Gasteiger partial charge in [0.25, 0.3) is 5.91 Å². The molecule has 2 aromatic carbocycles. The third kappa shape index (κ3) is 6.03. The molecule has 3 amide bonds. The van der Waals surface area contributed by atoms with Crippen LogP contribution in [0.1, 0.15) is 45.3 Å². The van der Waals surface area contributed by atoms with Crippen LogP contribution >= 0.6 is 0 Å². The number of allylic oxidation sites excluding steroid dienone is 1. The number of hydrogen-bond acceptors (Lipinski definition) is 8. The number of nitrogens with zero attached hydrogens (tertiary/aromatic N) is 4. The number of benzene rings is 2. The third-order valence-corrected chi connectivity index (χ3v) is 10.6. The van der Waals surface area contributed by atoms with Crippen molar-refractivity contribution in [2.24, 2.45) is 11.8 Å². The fourth-order valence-corrected chi connectivity index (χ4v) is 7.87. The highest BCUT2D eigenvalue weighted by molar-refractivity contribution is 6.05. The first kappa shape index (κ1) is 34.4. The van der Waals surface area contributed by atoms with Crippen LogP contribution < -0.4 is 9.80 Å². The van der Waals surface area contributed by atoms with Crippen molar-refractivity contribution in [3.8, 4) is 0 Å². The summed E-state index contributed by atoms with van der Waals surface area (Å²) in [4.78, 5) is 63.6. The summed E-state index contributed by atoms with van der Waals surface area (Å²) in [5.74, 6) is -3.63. The van der Waals surface area contributed by atoms with Crippen molar-refractivity contribution in [3.63, 3.8) is 0 Å². The third-order valence-electron chi connectivity index (χ3n) is 10.6. The maximum Gasteiger partial charge on any atom is 0.313 e. The molecular weight excluding hydrogens is 624 g/mol. The first-order chi connectivity index (χ1) is 23.7. The minimum absolute atomic E-state index is 0.0989. The van der Waals surface area contributed by atoms with Gasteiger partial charge in [-0.1, -0.05) is 54.6 Å². The number of fused-ring (bicyclic) bond motifs is 2. The molecule has 4 aliphatic heterocycles. The summed E-state index contributed by atoms with van der Waals surface area (Å²) < 4.78 is 12.8. The second-order valence-electron chi connectivity index (χ2n) is 13.1. The highest BCUT2D eigenvalue weighted by Gasteiger charge is 2.73. The maximum atomic E-state index is 14.9. The Morgan fingerprint density at radius 2 is 1.67 bits per heavy atom. The van der Waals surface area contributed by atoms with Crippen LogP contribution in [0.4, 0.5) is 11.4 Å². The Morgan fingerprint density at radius 3 is 2.35 bits per heavy atom. The van der Waals surface area contributed by atoms with Crippen molar-refractivity contribution in [3.05, 3.63) is 84.5 Å². The zero-order valence-corrected chi connectivity index (χ0v) is 28.6. The summed E-state index contributed by atoms with van der Waals surface area (Å²) in [6.07, 6.45) is 6.31. The van der Waals surface area contributed by atoms with E-state index in [0.29, 0.717) is 17.7 Å². The molecule has 260 valence electrons. The highest BCUT2D eigenvalue weighted by atomic mass is 16.6. The molecule has 0 aliphatic carbocycles. The van der Waals surface area contributed by atoms with E-state index in [4.69, 9.17) is 9.47 Å². The highest BCUT2D eigenvalue weighted by Crippen LogP contribution is 2.56. The molecule has 49 heavy (non-hydrogen) atoms. The van der Waals surface area contributed by atoms with Gasteiger partial charge >= 0.3 is 5.97 Å². The standard InChI is InChI=1S/C38H46N4O7/c1-5-40(6-2)27-16-18-28(19-17-27)41-22-12-8-11-15-30(44)39(4)25(3)33(26-13-9-7-10-14-26)48-37(47)31-29-20-21-38(49-29)32(31)35(45)42(23-24-43)34(38)36(41)46/h7-10,12-14,16-21,25,29,31-34,43H,5-6,11,15,22-24H2,1-4H3/b12-8-/t25-,29+,31-,32-,33+,34+,38-/m0/s1. The Morgan fingerprint density at radius 1 is 0.959 bits per heavy atom. The van der Waals surface area contributed by atoms with Crippen LogP contribution in [0, 0.1) is 11.8 Å². The quantitative estimate of drug-likeness (QED) is 0.352. The summed E-state index contributed by atoms with van der Waals surface area (Å²) in [6, 6.07) is 15.3. The van der Waals surface area contributed by atoms with E-state index < -0.39 is 53.6 Å². The van der Waals surface area contributed by atoms with Gasteiger partial charge < -0.3 is 34.2 Å². The molecule has 0 saturated carbocycles. The molecule has 2 aromatic rings. The number of likely N-dealkylation sites (tertiary alicyclic amines) is 1. The van der Waals surface area contributed by atoms with Crippen molar-refractivity contribution in [1.29, 1.82) is 0 Å². The lowest BCUT2D eigenvalue weighted by Crippen LogP contribution is -2.56. The normalized spacial score (nSPS) is 30.9. The number of amides is 3. The number of ether oxygens (including phenoxy) is 2. The number of aliphatic hydroxyl groups excluding tert-OH is 1. The van der Waals surface area contributed by atoms with Gasteiger partial charge in [-0.05, 0) is 57.0 Å². The van der Waals surface area contributed by atoms with Gasteiger partial charge in [0.15, 0.2) is 0 Å². The topological polar surface area (TPSA) is 120 Å². The number of carbonyl (C=O) groups excluding carboxylic acids is 4. The van der Waals surface area contributed by atoms with Crippen LogP contribution in [-0.2, 0) is 28.7 Å². The second kappa shape index (κ2) is 14.2. The Labute approximate surface area is 287 Å². The molecule has 4 heterocycles. The number of likely N-dealkylation sites (N-methyl/N-ethyl adjacent to an activating group) is 1. The Kier molecular flexibility index (Phi) is 9.94. The molecule has 6 rings (SSSR count). The molecule has 2 fully saturated rings. The zero-order valence-electron chi connectivity index (χ0n) is 28.6. The van der Waals surface area contributed by atoms with Crippen molar-refractivity contribution < 1.29 is 33.8 Å². The molecule has 0 radical (unpaired) electrons. The SMILES string of the molecule is CCN(CC)c1ccc(N2C/C=C\CCC(=O)N(C)[C@@H](C)[C@H](c3ccccc3)OC(=O)[C@@H]3[C@H]4C(=O)N(CCO)[C@H](C2=O)[C@]42C=C[C@H]3O2)cc1. The fraction of sp³-hybridized carbons (Fsp3) is 0.474. The molecule has 1 N–H and O–H groups in total. The number of cyclic esters (lactones) is 1. The number of esters is 1. The summed E-state index contributed by atoms with van der Waals surface area (Å²) in [5.41, 5.74) is 0.939. The van der Waals surface area contributed by atoms with E-state index in [-0.39, 0.29) is 37.9 Å². The Bertz CT molecular complexity index is 1610. The van der Waals surface area contributed by atoms with E-state index >= 15 is 0 Å². The predicted molar refractivity (Wildman–Crippen MR) is 185 cm³/mol. The summed E-state index contributed by atoms with van der Waals surface area (Å²) in [5, 5.41) is 10.1. The van der Waals surface area contributed by atoms with Gasteiger partial charge in [-0.15, -0.1) is 0 Å². The number of rotatable bonds is 7.